The zero-order chi connectivity index (χ0) is 15.6. The van der Waals surface area contributed by atoms with E-state index in [1.165, 1.54) is 13.2 Å². The molecule has 0 aliphatic heterocycles. The molecule has 1 aromatic carbocycles. The van der Waals surface area contributed by atoms with Crippen molar-refractivity contribution in [2.24, 2.45) is 11.7 Å². The predicted molar refractivity (Wildman–Crippen MR) is 77.5 cm³/mol. The fourth-order valence-corrected chi connectivity index (χ4v) is 2.40. The van der Waals surface area contributed by atoms with Gasteiger partial charge in [0.05, 0.1) is 13.0 Å². The van der Waals surface area contributed by atoms with E-state index in [1.54, 1.807) is 12.1 Å². The van der Waals surface area contributed by atoms with Gasteiger partial charge < -0.3 is 15.0 Å². The summed E-state index contributed by atoms with van der Waals surface area (Å²) in [4.78, 5) is 4.39. The Bertz CT molecular complexity index is 603. The monoisotopic (exact) mass is 293 g/mol. The van der Waals surface area contributed by atoms with Crippen molar-refractivity contribution < 1.29 is 13.7 Å². The molecule has 0 fully saturated rings. The quantitative estimate of drug-likeness (QED) is 0.917. The van der Waals surface area contributed by atoms with Crippen molar-refractivity contribution >= 4 is 0 Å². The smallest absolute Gasteiger partial charge is 0.231 e. The molecular formula is C15H20FN3O2. The molecule has 21 heavy (non-hydrogen) atoms. The minimum absolute atomic E-state index is 0.0198. The molecule has 2 N–H and O–H groups in total. The van der Waals surface area contributed by atoms with Crippen LogP contribution in [-0.4, -0.2) is 23.3 Å². The Morgan fingerprint density at radius 2 is 2.00 bits per heavy atom. The minimum atomic E-state index is -0.430. The van der Waals surface area contributed by atoms with E-state index in [9.17, 15) is 4.39 Å². The summed E-state index contributed by atoms with van der Waals surface area (Å²) in [5, 5.41) is 3.96. The molecule has 5 nitrogen and oxygen atoms in total. The topological polar surface area (TPSA) is 74.2 Å². The second-order valence-corrected chi connectivity index (χ2v) is 5.43. The van der Waals surface area contributed by atoms with Gasteiger partial charge in [0, 0.05) is 11.6 Å². The Morgan fingerprint density at radius 3 is 2.57 bits per heavy atom. The van der Waals surface area contributed by atoms with Gasteiger partial charge in [-0.2, -0.15) is 4.98 Å². The number of halogens is 1. The Labute approximate surface area is 123 Å². The van der Waals surface area contributed by atoms with E-state index >= 15 is 0 Å². The first-order valence-electron chi connectivity index (χ1n) is 6.87. The Morgan fingerprint density at radius 1 is 1.29 bits per heavy atom. The van der Waals surface area contributed by atoms with E-state index in [0.29, 0.717) is 17.3 Å². The van der Waals surface area contributed by atoms with Gasteiger partial charge in [0.25, 0.3) is 0 Å². The standard InChI is InChI=1S/C15H20FN3O2/c1-8(2)13(9(3)17)15-18-14(19-21-15)10-5-6-11(16)12(7-10)20-4/h5-9,13H,17H2,1-4H3. The van der Waals surface area contributed by atoms with E-state index in [1.807, 2.05) is 6.92 Å². The molecule has 2 rings (SSSR count). The molecule has 0 spiro atoms. The molecule has 6 heteroatoms. The highest BCUT2D eigenvalue weighted by Crippen LogP contribution is 2.29. The fraction of sp³-hybridized carbons (Fsp3) is 0.467. The van der Waals surface area contributed by atoms with Crippen LogP contribution in [0, 0.1) is 11.7 Å². The summed E-state index contributed by atoms with van der Waals surface area (Å²) in [7, 11) is 1.41. The molecule has 2 unspecified atom stereocenters. The molecule has 0 saturated heterocycles. The molecule has 0 radical (unpaired) electrons. The lowest BCUT2D eigenvalue weighted by Gasteiger charge is -2.20. The summed E-state index contributed by atoms with van der Waals surface area (Å²) < 4.78 is 23.7. The van der Waals surface area contributed by atoms with Crippen LogP contribution in [0.4, 0.5) is 4.39 Å². The van der Waals surface area contributed by atoms with Gasteiger partial charge in [-0.25, -0.2) is 4.39 Å². The number of nitrogens with two attached hydrogens (primary N) is 1. The lowest BCUT2D eigenvalue weighted by Crippen LogP contribution is -2.28. The zero-order valence-electron chi connectivity index (χ0n) is 12.6. The van der Waals surface area contributed by atoms with Gasteiger partial charge in [-0.3, -0.25) is 0 Å². The van der Waals surface area contributed by atoms with Crippen LogP contribution in [0.3, 0.4) is 0 Å². The van der Waals surface area contributed by atoms with Crippen molar-refractivity contribution in [3.63, 3.8) is 0 Å². The fourth-order valence-electron chi connectivity index (χ4n) is 2.40. The van der Waals surface area contributed by atoms with Crippen molar-refractivity contribution in [2.75, 3.05) is 7.11 Å². The summed E-state index contributed by atoms with van der Waals surface area (Å²) in [5.41, 5.74) is 6.62. The molecule has 0 aliphatic rings. The average Bonchev–Trinajstić information content (AvgIpc) is 2.87. The van der Waals surface area contributed by atoms with Crippen molar-refractivity contribution in [3.8, 4) is 17.1 Å². The maximum Gasteiger partial charge on any atom is 0.231 e. The number of nitrogens with zero attached hydrogens (tertiary/aromatic N) is 2. The second kappa shape index (κ2) is 6.22. The van der Waals surface area contributed by atoms with Crippen LogP contribution in [0.2, 0.25) is 0 Å². The molecule has 0 amide bonds. The maximum absolute atomic E-state index is 13.4. The normalized spacial score (nSPS) is 14.2. The second-order valence-electron chi connectivity index (χ2n) is 5.43. The maximum atomic E-state index is 13.4. The van der Waals surface area contributed by atoms with E-state index in [4.69, 9.17) is 15.0 Å². The first kappa shape index (κ1) is 15.4. The third kappa shape index (κ3) is 3.21. The molecule has 0 aliphatic carbocycles. The number of aromatic nitrogens is 2. The summed E-state index contributed by atoms with van der Waals surface area (Å²) >= 11 is 0. The van der Waals surface area contributed by atoms with Crippen LogP contribution in [0.5, 0.6) is 5.75 Å². The highest BCUT2D eigenvalue weighted by atomic mass is 19.1. The molecule has 2 aromatic rings. The number of hydrogen-bond donors (Lipinski definition) is 1. The Balaban J connectivity index is 2.35. The highest BCUT2D eigenvalue weighted by molar-refractivity contribution is 5.57. The third-order valence-electron chi connectivity index (χ3n) is 3.42. The number of methoxy groups -OCH3 is 1. The van der Waals surface area contributed by atoms with Crippen LogP contribution >= 0.6 is 0 Å². The molecule has 2 atom stereocenters. The van der Waals surface area contributed by atoms with Gasteiger partial charge in [0.1, 0.15) is 0 Å². The Kier molecular flexibility index (Phi) is 4.57. The summed E-state index contributed by atoms with van der Waals surface area (Å²) in [6.45, 7) is 6.02. The number of ether oxygens (including phenoxy) is 1. The molecule has 0 bridgehead atoms. The van der Waals surface area contributed by atoms with Crippen LogP contribution < -0.4 is 10.5 Å². The highest BCUT2D eigenvalue weighted by Gasteiger charge is 2.26. The van der Waals surface area contributed by atoms with Crippen molar-refractivity contribution in [1.82, 2.24) is 10.1 Å². The lowest BCUT2D eigenvalue weighted by atomic mass is 9.90. The number of rotatable bonds is 5. The molecule has 114 valence electrons. The summed E-state index contributed by atoms with van der Waals surface area (Å²) in [5.74, 6) is 0.870. The van der Waals surface area contributed by atoms with Crippen LogP contribution in [0.1, 0.15) is 32.6 Å². The molecule has 1 heterocycles. The third-order valence-corrected chi connectivity index (χ3v) is 3.42. The van der Waals surface area contributed by atoms with Gasteiger partial charge in [-0.05, 0) is 31.0 Å². The van der Waals surface area contributed by atoms with Gasteiger partial charge >= 0.3 is 0 Å². The molecular weight excluding hydrogens is 273 g/mol. The number of benzene rings is 1. The van der Waals surface area contributed by atoms with Crippen molar-refractivity contribution in [2.45, 2.75) is 32.7 Å². The number of hydrogen-bond acceptors (Lipinski definition) is 5. The molecule has 0 saturated carbocycles. The van der Waals surface area contributed by atoms with Gasteiger partial charge in [0.2, 0.25) is 11.7 Å². The zero-order valence-corrected chi connectivity index (χ0v) is 12.6. The lowest BCUT2D eigenvalue weighted by molar-refractivity contribution is 0.300. The SMILES string of the molecule is COc1cc(-c2noc(C(C(C)C)C(C)N)n2)ccc1F. The minimum Gasteiger partial charge on any atom is -0.494 e. The van der Waals surface area contributed by atoms with E-state index < -0.39 is 5.82 Å². The van der Waals surface area contributed by atoms with E-state index in [2.05, 4.69) is 24.0 Å². The summed E-state index contributed by atoms with van der Waals surface area (Å²) in [6.07, 6.45) is 0. The van der Waals surface area contributed by atoms with E-state index in [-0.39, 0.29) is 23.6 Å². The predicted octanol–water partition coefficient (Wildman–Crippen LogP) is 2.97. The van der Waals surface area contributed by atoms with Gasteiger partial charge in [-0.1, -0.05) is 19.0 Å². The first-order valence-corrected chi connectivity index (χ1v) is 6.87. The van der Waals surface area contributed by atoms with Crippen molar-refractivity contribution in [1.29, 1.82) is 0 Å². The van der Waals surface area contributed by atoms with Crippen LogP contribution in [0.15, 0.2) is 22.7 Å². The Hall–Kier alpha value is -1.95. The van der Waals surface area contributed by atoms with Gasteiger partial charge in [-0.15, -0.1) is 0 Å². The molecule has 1 aromatic heterocycles. The first-order chi connectivity index (χ1) is 9.93. The summed E-state index contributed by atoms with van der Waals surface area (Å²) in [6, 6.07) is 4.35. The van der Waals surface area contributed by atoms with Crippen LogP contribution in [0.25, 0.3) is 11.4 Å². The average molecular weight is 293 g/mol. The van der Waals surface area contributed by atoms with Crippen LogP contribution in [-0.2, 0) is 0 Å². The largest absolute Gasteiger partial charge is 0.494 e. The van der Waals surface area contributed by atoms with Gasteiger partial charge in [0.15, 0.2) is 11.6 Å². The van der Waals surface area contributed by atoms with Crippen molar-refractivity contribution in [3.05, 3.63) is 29.9 Å². The van der Waals surface area contributed by atoms with E-state index in [0.717, 1.165) is 0 Å².